The van der Waals surface area contributed by atoms with Crippen LogP contribution in [-0.2, 0) is 0 Å². The van der Waals surface area contributed by atoms with Gasteiger partial charge in [0, 0.05) is 42.9 Å². The first-order valence-electron chi connectivity index (χ1n) is 8.33. The number of anilines is 3. The number of nitrogens with zero attached hydrogens (tertiary/aromatic N) is 4. The molecule has 3 N–H and O–H groups in total. The number of hydrogen-bond donors (Lipinski definition) is 3. The SMILES string of the molecule is CCC1CN(c2nccc(Nc3ccc4[nH]ncc4c3)n2)CCN1. The molecule has 1 fully saturated rings. The van der Waals surface area contributed by atoms with Crippen LogP contribution in [0.25, 0.3) is 10.9 Å². The molecule has 1 atom stereocenters. The summed E-state index contributed by atoms with van der Waals surface area (Å²) < 4.78 is 0. The molecule has 0 radical (unpaired) electrons. The summed E-state index contributed by atoms with van der Waals surface area (Å²) in [7, 11) is 0. The predicted molar refractivity (Wildman–Crippen MR) is 95.7 cm³/mol. The molecule has 1 unspecified atom stereocenters. The highest BCUT2D eigenvalue weighted by Crippen LogP contribution is 2.21. The van der Waals surface area contributed by atoms with Crippen LogP contribution in [0, 0.1) is 0 Å². The zero-order valence-electron chi connectivity index (χ0n) is 13.7. The van der Waals surface area contributed by atoms with Gasteiger partial charge < -0.3 is 15.5 Å². The van der Waals surface area contributed by atoms with Crippen LogP contribution in [0.4, 0.5) is 17.5 Å². The van der Waals surface area contributed by atoms with Gasteiger partial charge in [-0.25, -0.2) is 4.98 Å². The number of aromatic amines is 1. The molecule has 0 amide bonds. The molecule has 24 heavy (non-hydrogen) atoms. The molecular weight excluding hydrogens is 302 g/mol. The van der Waals surface area contributed by atoms with Crippen LogP contribution < -0.4 is 15.5 Å². The molecule has 0 bridgehead atoms. The van der Waals surface area contributed by atoms with Crippen LogP contribution in [-0.4, -0.2) is 45.8 Å². The molecular formula is C17H21N7. The molecule has 0 saturated carbocycles. The van der Waals surface area contributed by atoms with E-state index in [0.29, 0.717) is 6.04 Å². The molecule has 1 saturated heterocycles. The van der Waals surface area contributed by atoms with Crippen LogP contribution in [0.2, 0.25) is 0 Å². The Morgan fingerprint density at radius 1 is 1.33 bits per heavy atom. The first-order valence-corrected chi connectivity index (χ1v) is 8.33. The van der Waals surface area contributed by atoms with Crippen molar-refractivity contribution >= 4 is 28.4 Å². The summed E-state index contributed by atoms with van der Waals surface area (Å²) in [4.78, 5) is 11.4. The topological polar surface area (TPSA) is 81.8 Å². The van der Waals surface area contributed by atoms with Gasteiger partial charge in [-0.1, -0.05) is 6.92 Å². The van der Waals surface area contributed by atoms with Gasteiger partial charge in [0.05, 0.1) is 11.7 Å². The molecule has 0 aliphatic carbocycles. The number of piperazine rings is 1. The van der Waals surface area contributed by atoms with Gasteiger partial charge in [-0.05, 0) is 30.7 Å². The van der Waals surface area contributed by atoms with E-state index in [1.54, 1.807) is 0 Å². The van der Waals surface area contributed by atoms with Crippen molar-refractivity contribution < 1.29 is 0 Å². The van der Waals surface area contributed by atoms with E-state index in [2.05, 4.69) is 48.7 Å². The smallest absolute Gasteiger partial charge is 0.227 e. The third kappa shape index (κ3) is 3.03. The van der Waals surface area contributed by atoms with Crippen LogP contribution in [0.5, 0.6) is 0 Å². The first kappa shape index (κ1) is 14.9. The van der Waals surface area contributed by atoms with Gasteiger partial charge in [0.25, 0.3) is 0 Å². The van der Waals surface area contributed by atoms with Crippen LogP contribution >= 0.6 is 0 Å². The van der Waals surface area contributed by atoms with Gasteiger partial charge in [-0.3, -0.25) is 5.10 Å². The highest BCUT2D eigenvalue weighted by Gasteiger charge is 2.19. The van der Waals surface area contributed by atoms with E-state index in [1.165, 1.54) is 0 Å². The average molecular weight is 323 g/mol. The maximum Gasteiger partial charge on any atom is 0.227 e. The second-order valence-electron chi connectivity index (χ2n) is 6.04. The Kier molecular flexibility index (Phi) is 4.00. The van der Waals surface area contributed by atoms with Crippen molar-refractivity contribution in [3.05, 3.63) is 36.7 Å². The Bertz CT molecular complexity index is 828. The minimum absolute atomic E-state index is 0.502. The molecule has 7 nitrogen and oxygen atoms in total. The van der Waals surface area contributed by atoms with Crippen molar-refractivity contribution in [1.82, 2.24) is 25.5 Å². The Morgan fingerprint density at radius 2 is 2.29 bits per heavy atom. The number of H-pyrrole nitrogens is 1. The summed E-state index contributed by atoms with van der Waals surface area (Å²) in [6.07, 6.45) is 4.74. The minimum atomic E-state index is 0.502. The molecule has 3 aromatic rings. The molecule has 7 heteroatoms. The van der Waals surface area contributed by atoms with Crippen LogP contribution in [0.15, 0.2) is 36.7 Å². The van der Waals surface area contributed by atoms with E-state index < -0.39 is 0 Å². The van der Waals surface area contributed by atoms with Gasteiger partial charge in [0.2, 0.25) is 5.95 Å². The Hall–Kier alpha value is -2.67. The fraction of sp³-hybridized carbons (Fsp3) is 0.353. The predicted octanol–water partition coefficient (Wildman–Crippen LogP) is 2.28. The lowest BCUT2D eigenvalue weighted by Crippen LogP contribution is -2.51. The monoisotopic (exact) mass is 323 g/mol. The molecule has 1 aliphatic rings. The zero-order chi connectivity index (χ0) is 16.4. The minimum Gasteiger partial charge on any atom is -0.340 e. The summed E-state index contributed by atoms with van der Waals surface area (Å²) >= 11 is 0. The molecule has 1 aromatic carbocycles. The van der Waals surface area contributed by atoms with E-state index in [1.807, 2.05) is 30.6 Å². The third-order valence-corrected chi connectivity index (χ3v) is 4.39. The Morgan fingerprint density at radius 3 is 3.21 bits per heavy atom. The molecule has 124 valence electrons. The number of rotatable bonds is 4. The number of benzene rings is 1. The first-order chi connectivity index (χ1) is 11.8. The summed E-state index contributed by atoms with van der Waals surface area (Å²) in [6.45, 7) is 5.05. The lowest BCUT2D eigenvalue weighted by Gasteiger charge is -2.33. The fourth-order valence-corrected chi connectivity index (χ4v) is 3.02. The summed E-state index contributed by atoms with van der Waals surface area (Å²) in [5.41, 5.74) is 2.01. The largest absolute Gasteiger partial charge is 0.340 e. The Balaban J connectivity index is 1.53. The standard InChI is InChI=1S/C17H21N7/c1-2-13-11-24(8-7-18-13)17-19-6-5-16(22-17)21-14-3-4-15-12(9-14)10-20-23-15/h3-6,9-10,13,18H,2,7-8,11H2,1H3,(H,20,23)(H,19,21,22). The molecule has 4 rings (SSSR count). The van der Waals surface area contributed by atoms with Gasteiger partial charge in [-0.15, -0.1) is 0 Å². The second kappa shape index (κ2) is 6.45. The third-order valence-electron chi connectivity index (χ3n) is 4.39. The van der Waals surface area contributed by atoms with Crippen molar-refractivity contribution in [2.45, 2.75) is 19.4 Å². The van der Waals surface area contributed by atoms with Crippen molar-refractivity contribution in [1.29, 1.82) is 0 Å². The molecule has 1 aliphatic heterocycles. The summed E-state index contributed by atoms with van der Waals surface area (Å²) in [5, 5.41) is 14.9. The number of hydrogen-bond acceptors (Lipinski definition) is 6. The van der Waals surface area contributed by atoms with Crippen molar-refractivity contribution in [2.24, 2.45) is 0 Å². The highest BCUT2D eigenvalue weighted by molar-refractivity contribution is 5.82. The maximum atomic E-state index is 4.68. The van der Waals surface area contributed by atoms with Gasteiger partial charge in [-0.2, -0.15) is 10.1 Å². The van der Waals surface area contributed by atoms with Crippen molar-refractivity contribution in [2.75, 3.05) is 29.9 Å². The van der Waals surface area contributed by atoms with Crippen molar-refractivity contribution in [3.63, 3.8) is 0 Å². The lowest BCUT2D eigenvalue weighted by atomic mass is 10.2. The molecule has 2 aromatic heterocycles. The average Bonchev–Trinajstić information content (AvgIpc) is 3.10. The van der Waals surface area contributed by atoms with Gasteiger partial charge in [0.1, 0.15) is 5.82 Å². The normalized spacial score (nSPS) is 18.0. The maximum absolute atomic E-state index is 4.68. The Labute approximate surface area is 140 Å². The number of aromatic nitrogens is 4. The number of nitrogens with one attached hydrogen (secondary N) is 3. The fourth-order valence-electron chi connectivity index (χ4n) is 3.02. The van der Waals surface area contributed by atoms with Crippen LogP contribution in [0.1, 0.15) is 13.3 Å². The van der Waals surface area contributed by atoms with Gasteiger partial charge in [0.15, 0.2) is 0 Å². The van der Waals surface area contributed by atoms with E-state index >= 15 is 0 Å². The molecule has 0 spiro atoms. The van der Waals surface area contributed by atoms with E-state index in [-0.39, 0.29) is 0 Å². The van der Waals surface area contributed by atoms with E-state index in [0.717, 1.165) is 54.4 Å². The van der Waals surface area contributed by atoms with Crippen molar-refractivity contribution in [3.8, 4) is 0 Å². The zero-order valence-corrected chi connectivity index (χ0v) is 13.7. The summed E-state index contributed by atoms with van der Waals surface area (Å²) in [5.74, 6) is 1.58. The summed E-state index contributed by atoms with van der Waals surface area (Å²) in [6, 6.07) is 8.47. The second-order valence-corrected chi connectivity index (χ2v) is 6.04. The molecule has 3 heterocycles. The van der Waals surface area contributed by atoms with E-state index in [4.69, 9.17) is 0 Å². The van der Waals surface area contributed by atoms with Gasteiger partial charge >= 0.3 is 0 Å². The highest BCUT2D eigenvalue weighted by atomic mass is 15.3. The number of fused-ring (bicyclic) bond motifs is 1. The van der Waals surface area contributed by atoms with E-state index in [9.17, 15) is 0 Å². The lowest BCUT2D eigenvalue weighted by molar-refractivity contribution is 0.443. The quantitative estimate of drug-likeness (QED) is 0.683. The van der Waals surface area contributed by atoms with Crippen LogP contribution in [0.3, 0.4) is 0 Å².